The van der Waals surface area contributed by atoms with Crippen molar-refractivity contribution in [1.82, 2.24) is 4.90 Å². The third-order valence-corrected chi connectivity index (χ3v) is 6.33. The molecule has 0 radical (unpaired) electrons. The van der Waals surface area contributed by atoms with Gasteiger partial charge in [0.25, 0.3) is 0 Å². The molecule has 1 amide bonds. The Bertz CT molecular complexity index is 749. The van der Waals surface area contributed by atoms with Gasteiger partial charge >= 0.3 is 0 Å². The number of halogens is 2. The second-order valence-electron chi connectivity index (χ2n) is 6.34. The Morgan fingerprint density at radius 1 is 1.08 bits per heavy atom. The number of thioether (sulfide) groups is 1. The van der Waals surface area contributed by atoms with E-state index in [2.05, 4.69) is 17.0 Å². The third-order valence-electron chi connectivity index (χ3n) is 4.56. The Hall–Kier alpha value is -1.36. The Morgan fingerprint density at radius 2 is 1.77 bits per heavy atom. The van der Waals surface area contributed by atoms with Crippen LogP contribution in [0.1, 0.15) is 12.5 Å². The van der Waals surface area contributed by atoms with Crippen molar-refractivity contribution in [2.45, 2.75) is 17.9 Å². The van der Waals surface area contributed by atoms with E-state index in [0.717, 1.165) is 31.7 Å². The molecule has 26 heavy (non-hydrogen) atoms. The minimum atomic E-state index is -0.0926. The van der Waals surface area contributed by atoms with Crippen LogP contribution >= 0.6 is 35.0 Å². The molecule has 3 nitrogen and oxygen atoms in total. The lowest BCUT2D eigenvalue weighted by Gasteiger charge is -2.37. The summed E-state index contributed by atoms with van der Waals surface area (Å²) in [6, 6.07) is 15.9. The maximum atomic E-state index is 12.7. The first-order chi connectivity index (χ1) is 12.5. The summed E-state index contributed by atoms with van der Waals surface area (Å²) in [6.45, 7) is 5.24. The van der Waals surface area contributed by atoms with Crippen molar-refractivity contribution in [2.24, 2.45) is 0 Å². The second kappa shape index (κ2) is 9.03. The zero-order valence-corrected chi connectivity index (χ0v) is 17.0. The van der Waals surface area contributed by atoms with Crippen LogP contribution in [0.15, 0.2) is 48.5 Å². The summed E-state index contributed by atoms with van der Waals surface area (Å²) in [4.78, 5) is 17.0. The first-order valence-electron chi connectivity index (χ1n) is 8.69. The van der Waals surface area contributed by atoms with Crippen LogP contribution in [0.3, 0.4) is 0 Å². The molecule has 1 unspecified atom stereocenters. The molecule has 1 saturated heterocycles. The Kier molecular flexibility index (Phi) is 6.74. The smallest absolute Gasteiger partial charge is 0.235 e. The van der Waals surface area contributed by atoms with Gasteiger partial charge in [-0.2, -0.15) is 0 Å². The van der Waals surface area contributed by atoms with E-state index in [1.54, 1.807) is 17.8 Å². The first-order valence-corrected chi connectivity index (χ1v) is 10.5. The summed E-state index contributed by atoms with van der Waals surface area (Å²) >= 11 is 13.8. The molecule has 138 valence electrons. The van der Waals surface area contributed by atoms with E-state index < -0.39 is 0 Å². The van der Waals surface area contributed by atoms with Crippen LogP contribution in [0.4, 0.5) is 5.69 Å². The Morgan fingerprint density at radius 3 is 2.42 bits per heavy atom. The maximum absolute atomic E-state index is 12.7. The summed E-state index contributed by atoms with van der Waals surface area (Å²) in [5, 5.41) is 1.19. The molecule has 1 aliphatic rings. The average Bonchev–Trinajstić information content (AvgIpc) is 2.67. The molecule has 3 rings (SSSR count). The van der Waals surface area contributed by atoms with Crippen LogP contribution < -0.4 is 4.90 Å². The molecule has 1 aliphatic heterocycles. The molecule has 2 aromatic carbocycles. The number of anilines is 1. The normalized spacial score (nSPS) is 15.8. The predicted octanol–water partition coefficient (Wildman–Crippen LogP) is 4.96. The van der Waals surface area contributed by atoms with Crippen molar-refractivity contribution < 1.29 is 4.79 Å². The third kappa shape index (κ3) is 4.87. The molecular formula is C20H22Cl2N2OS. The monoisotopic (exact) mass is 408 g/mol. The number of rotatable bonds is 5. The number of amides is 1. The molecule has 0 aliphatic carbocycles. The topological polar surface area (TPSA) is 23.6 Å². The van der Waals surface area contributed by atoms with Gasteiger partial charge < -0.3 is 9.80 Å². The lowest BCUT2D eigenvalue weighted by Crippen LogP contribution is -2.50. The van der Waals surface area contributed by atoms with Gasteiger partial charge in [-0.15, -0.1) is 11.8 Å². The minimum absolute atomic E-state index is 0.0926. The summed E-state index contributed by atoms with van der Waals surface area (Å²) in [5.74, 6) is 0.903. The predicted molar refractivity (Wildman–Crippen MR) is 112 cm³/mol. The number of carbonyl (C=O) groups is 1. The molecule has 0 saturated carbocycles. The largest absolute Gasteiger partial charge is 0.368 e. The van der Waals surface area contributed by atoms with Crippen molar-refractivity contribution in [1.29, 1.82) is 0 Å². The molecule has 0 aromatic heterocycles. The highest BCUT2D eigenvalue weighted by Crippen LogP contribution is 2.27. The average molecular weight is 409 g/mol. The van der Waals surface area contributed by atoms with Gasteiger partial charge in [-0.3, -0.25) is 4.79 Å². The van der Waals surface area contributed by atoms with Gasteiger partial charge in [0.2, 0.25) is 5.91 Å². The molecule has 0 spiro atoms. The van der Waals surface area contributed by atoms with Gasteiger partial charge in [0.1, 0.15) is 0 Å². The van der Waals surface area contributed by atoms with Gasteiger partial charge in [-0.1, -0.05) is 47.5 Å². The van der Waals surface area contributed by atoms with Crippen LogP contribution in [0, 0.1) is 0 Å². The van der Waals surface area contributed by atoms with Crippen molar-refractivity contribution >= 4 is 46.6 Å². The van der Waals surface area contributed by atoms with Crippen molar-refractivity contribution in [2.75, 3.05) is 31.1 Å². The Balaban J connectivity index is 1.50. The fourth-order valence-electron chi connectivity index (χ4n) is 3.01. The van der Waals surface area contributed by atoms with Gasteiger partial charge in [-0.25, -0.2) is 0 Å². The fourth-order valence-corrected chi connectivity index (χ4v) is 4.53. The van der Waals surface area contributed by atoms with Crippen LogP contribution in [0.25, 0.3) is 0 Å². The number of hydrogen-bond acceptors (Lipinski definition) is 3. The number of piperazine rings is 1. The fraction of sp³-hybridized carbons (Fsp3) is 0.350. The SMILES string of the molecule is CC(SCc1ccc(Cl)cc1Cl)C(=O)N1CCN(c2ccccc2)CC1. The molecule has 1 heterocycles. The van der Waals surface area contributed by atoms with E-state index in [4.69, 9.17) is 23.2 Å². The van der Waals surface area contributed by atoms with Crippen LogP contribution in [-0.2, 0) is 10.5 Å². The van der Waals surface area contributed by atoms with Gasteiger partial charge in [-0.05, 0) is 36.8 Å². The summed E-state index contributed by atoms with van der Waals surface area (Å²) in [7, 11) is 0. The van der Waals surface area contributed by atoms with Crippen LogP contribution in [-0.4, -0.2) is 42.2 Å². The highest BCUT2D eigenvalue weighted by molar-refractivity contribution is 7.99. The highest BCUT2D eigenvalue weighted by Gasteiger charge is 2.25. The van der Waals surface area contributed by atoms with Crippen molar-refractivity contribution in [3.63, 3.8) is 0 Å². The van der Waals surface area contributed by atoms with E-state index in [-0.39, 0.29) is 11.2 Å². The van der Waals surface area contributed by atoms with Crippen molar-refractivity contribution in [3.05, 3.63) is 64.1 Å². The van der Waals surface area contributed by atoms with E-state index >= 15 is 0 Å². The van der Waals surface area contributed by atoms with E-state index in [0.29, 0.717) is 15.8 Å². The number of benzene rings is 2. The van der Waals surface area contributed by atoms with Gasteiger partial charge in [0.15, 0.2) is 0 Å². The minimum Gasteiger partial charge on any atom is -0.368 e. The molecule has 1 atom stereocenters. The number of hydrogen-bond donors (Lipinski definition) is 0. The standard InChI is InChI=1S/C20H22Cl2N2OS/c1-15(26-14-16-7-8-17(21)13-19(16)22)20(25)24-11-9-23(10-12-24)18-5-3-2-4-6-18/h2-8,13,15H,9-12,14H2,1H3. The van der Waals surface area contributed by atoms with Gasteiger partial charge in [0, 0.05) is 47.7 Å². The second-order valence-corrected chi connectivity index (χ2v) is 8.51. The van der Waals surface area contributed by atoms with E-state index in [1.165, 1.54) is 5.69 Å². The lowest BCUT2D eigenvalue weighted by atomic mass is 10.2. The summed E-state index contributed by atoms with van der Waals surface area (Å²) in [6.07, 6.45) is 0. The zero-order chi connectivity index (χ0) is 18.5. The van der Waals surface area contributed by atoms with E-state index in [9.17, 15) is 4.79 Å². The molecule has 1 fully saturated rings. The zero-order valence-electron chi connectivity index (χ0n) is 14.7. The molecule has 6 heteroatoms. The number of carbonyl (C=O) groups excluding carboxylic acids is 1. The quantitative estimate of drug-likeness (QED) is 0.697. The van der Waals surface area contributed by atoms with Gasteiger partial charge in [0.05, 0.1) is 5.25 Å². The molecule has 0 N–H and O–H groups in total. The van der Waals surface area contributed by atoms with Crippen molar-refractivity contribution in [3.8, 4) is 0 Å². The number of para-hydroxylation sites is 1. The molecular weight excluding hydrogens is 387 g/mol. The summed E-state index contributed by atoms with van der Waals surface area (Å²) in [5.41, 5.74) is 2.23. The lowest BCUT2D eigenvalue weighted by molar-refractivity contribution is -0.130. The summed E-state index contributed by atoms with van der Waals surface area (Å²) < 4.78 is 0. The molecule has 2 aromatic rings. The molecule has 0 bridgehead atoms. The van der Waals surface area contributed by atoms with E-state index in [1.807, 2.05) is 42.2 Å². The van der Waals surface area contributed by atoms with Crippen LogP contribution in [0.2, 0.25) is 10.0 Å². The first kappa shape index (κ1) is 19.4. The highest BCUT2D eigenvalue weighted by atomic mass is 35.5. The Labute approximate surface area is 169 Å². The van der Waals surface area contributed by atoms with Crippen LogP contribution in [0.5, 0.6) is 0 Å². The number of nitrogens with zero attached hydrogens (tertiary/aromatic N) is 2. The maximum Gasteiger partial charge on any atom is 0.235 e.